The molecule has 0 atom stereocenters. The fraction of sp³-hybridized carbons (Fsp3) is 0.188. The molecule has 0 spiro atoms. The van der Waals surface area contributed by atoms with Crippen LogP contribution in [0.4, 0.5) is 5.69 Å². The Kier molecular flexibility index (Phi) is 4.18. The predicted molar refractivity (Wildman–Crippen MR) is 77.6 cm³/mol. The van der Waals surface area contributed by atoms with Gasteiger partial charge in [-0.2, -0.15) is 0 Å². The number of nitrogens with one attached hydrogen (secondary N) is 1. The Morgan fingerprint density at radius 2 is 1.84 bits per heavy atom. The van der Waals surface area contributed by atoms with Gasteiger partial charge >= 0.3 is 0 Å². The molecule has 0 aliphatic heterocycles. The van der Waals surface area contributed by atoms with E-state index in [-0.39, 0.29) is 5.91 Å². The topological polar surface area (TPSA) is 55.1 Å². The Hall–Kier alpha value is -2.29. The summed E-state index contributed by atoms with van der Waals surface area (Å²) in [5.41, 5.74) is 9.61. The normalized spacial score (nSPS) is 10.2. The number of rotatable bonds is 4. The largest absolute Gasteiger partial charge is 0.399 e. The van der Waals surface area contributed by atoms with E-state index in [1.807, 2.05) is 49.4 Å². The second kappa shape index (κ2) is 6.05. The van der Waals surface area contributed by atoms with Crippen molar-refractivity contribution >= 4 is 11.6 Å². The molecule has 0 saturated heterocycles. The Bertz CT molecular complexity index is 578. The van der Waals surface area contributed by atoms with E-state index in [1.165, 1.54) is 5.56 Å². The number of nitrogen functional groups attached to an aromatic ring is 1. The second-order valence-corrected chi connectivity index (χ2v) is 4.69. The molecule has 0 bridgehead atoms. The van der Waals surface area contributed by atoms with Gasteiger partial charge in [0.25, 0.3) is 0 Å². The van der Waals surface area contributed by atoms with Gasteiger partial charge in [0.1, 0.15) is 0 Å². The molecule has 2 aromatic rings. The van der Waals surface area contributed by atoms with Gasteiger partial charge in [0.2, 0.25) is 5.91 Å². The molecular weight excluding hydrogens is 236 g/mol. The van der Waals surface area contributed by atoms with E-state index in [0.717, 1.165) is 11.1 Å². The SMILES string of the molecule is Cc1cccc(CNC(=O)Cc2cccc(N)c2)c1. The standard InChI is InChI=1S/C16H18N2O/c1-12-4-2-6-14(8-12)11-18-16(19)10-13-5-3-7-15(17)9-13/h2-9H,10-11,17H2,1H3,(H,18,19). The molecule has 98 valence electrons. The van der Waals surface area contributed by atoms with E-state index in [4.69, 9.17) is 5.73 Å². The van der Waals surface area contributed by atoms with Crippen LogP contribution in [0.3, 0.4) is 0 Å². The number of anilines is 1. The zero-order valence-corrected chi connectivity index (χ0v) is 11.0. The van der Waals surface area contributed by atoms with E-state index < -0.39 is 0 Å². The van der Waals surface area contributed by atoms with Crippen LogP contribution in [0, 0.1) is 6.92 Å². The van der Waals surface area contributed by atoms with Gasteiger partial charge in [-0.3, -0.25) is 4.79 Å². The van der Waals surface area contributed by atoms with Crippen molar-refractivity contribution in [1.29, 1.82) is 0 Å². The van der Waals surface area contributed by atoms with Gasteiger partial charge < -0.3 is 11.1 Å². The predicted octanol–water partition coefficient (Wildman–Crippen LogP) is 2.44. The zero-order valence-electron chi connectivity index (χ0n) is 11.0. The van der Waals surface area contributed by atoms with Crippen LogP contribution in [-0.2, 0) is 17.8 Å². The summed E-state index contributed by atoms with van der Waals surface area (Å²) >= 11 is 0. The van der Waals surface area contributed by atoms with Gasteiger partial charge in [0.05, 0.1) is 6.42 Å². The summed E-state index contributed by atoms with van der Waals surface area (Å²) in [4.78, 5) is 11.8. The fourth-order valence-electron chi connectivity index (χ4n) is 1.97. The van der Waals surface area contributed by atoms with E-state index in [2.05, 4.69) is 11.4 Å². The van der Waals surface area contributed by atoms with Crippen molar-refractivity contribution in [3.8, 4) is 0 Å². The summed E-state index contributed by atoms with van der Waals surface area (Å²) in [6.07, 6.45) is 0.358. The summed E-state index contributed by atoms with van der Waals surface area (Å²) in [6, 6.07) is 15.5. The van der Waals surface area contributed by atoms with Crippen molar-refractivity contribution in [2.45, 2.75) is 19.9 Å². The molecule has 0 aliphatic rings. The number of aryl methyl sites for hydroxylation is 1. The van der Waals surface area contributed by atoms with Crippen molar-refractivity contribution in [2.24, 2.45) is 0 Å². The third kappa shape index (κ3) is 4.14. The Morgan fingerprint density at radius 1 is 1.11 bits per heavy atom. The minimum Gasteiger partial charge on any atom is -0.399 e. The van der Waals surface area contributed by atoms with Crippen LogP contribution >= 0.6 is 0 Å². The van der Waals surface area contributed by atoms with Gasteiger partial charge in [-0.1, -0.05) is 42.0 Å². The molecule has 0 heterocycles. The van der Waals surface area contributed by atoms with Crippen LogP contribution in [0.2, 0.25) is 0 Å². The van der Waals surface area contributed by atoms with Crippen LogP contribution in [0.25, 0.3) is 0 Å². The van der Waals surface area contributed by atoms with Crippen molar-refractivity contribution < 1.29 is 4.79 Å². The molecule has 0 aromatic heterocycles. The van der Waals surface area contributed by atoms with Crippen LogP contribution in [0.1, 0.15) is 16.7 Å². The Morgan fingerprint density at radius 3 is 2.58 bits per heavy atom. The second-order valence-electron chi connectivity index (χ2n) is 4.69. The maximum absolute atomic E-state index is 11.8. The molecule has 3 N–H and O–H groups in total. The van der Waals surface area contributed by atoms with Gasteiger partial charge in [-0.15, -0.1) is 0 Å². The third-order valence-corrected chi connectivity index (χ3v) is 2.89. The Labute approximate surface area is 113 Å². The van der Waals surface area contributed by atoms with Crippen LogP contribution < -0.4 is 11.1 Å². The van der Waals surface area contributed by atoms with Gasteiger partial charge in [-0.05, 0) is 30.2 Å². The summed E-state index contributed by atoms with van der Waals surface area (Å²) in [7, 11) is 0. The molecule has 2 aromatic carbocycles. The van der Waals surface area contributed by atoms with Gasteiger partial charge in [-0.25, -0.2) is 0 Å². The fourth-order valence-corrected chi connectivity index (χ4v) is 1.97. The molecule has 1 amide bonds. The highest BCUT2D eigenvalue weighted by Crippen LogP contribution is 2.07. The van der Waals surface area contributed by atoms with Gasteiger partial charge in [0.15, 0.2) is 0 Å². The smallest absolute Gasteiger partial charge is 0.224 e. The van der Waals surface area contributed by atoms with E-state index in [0.29, 0.717) is 18.7 Å². The summed E-state index contributed by atoms with van der Waals surface area (Å²) in [5.74, 6) is 0.00658. The zero-order chi connectivity index (χ0) is 13.7. The van der Waals surface area contributed by atoms with E-state index in [9.17, 15) is 4.79 Å². The monoisotopic (exact) mass is 254 g/mol. The molecule has 0 aliphatic carbocycles. The molecule has 0 fully saturated rings. The average Bonchev–Trinajstić information content (AvgIpc) is 2.36. The lowest BCUT2D eigenvalue weighted by Crippen LogP contribution is -2.24. The molecule has 3 heteroatoms. The highest BCUT2D eigenvalue weighted by Gasteiger charge is 2.03. The number of carbonyl (C=O) groups excluding carboxylic acids is 1. The first-order valence-electron chi connectivity index (χ1n) is 6.30. The lowest BCUT2D eigenvalue weighted by molar-refractivity contribution is -0.120. The number of carbonyl (C=O) groups is 1. The first-order valence-corrected chi connectivity index (χ1v) is 6.30. The quantitative estimate of drug-likeness (QED) is 0.823. The minimum atomic E-state index is 0.00658. The molecular formula is C16H18N2O. The average molecular weight is 254 g/mol. The lowest BCUT2D eigenvalue weighted by Gasteiger charge is -2.06. The molecule has 0 radical (unpaired) electrons. The van der Waals surface area contributed by atoms with Gasteiger partial charge in [0, 0.05) is 12.2 Å². The maximum Gasteiger partial charge on any atom is 0.224 e. The number of hydrogen-bond acceptors (Lipinski definition) is 2. The van der Waals surface area contributed by atoms with Crippen molar-refractivity contribution in [3.63, 3.8) is 0 Å². The summed E-state index contributed by atoms with van der Waals surface area (Å²) in [5, 5.41) is 2.91. The lowest BCUT2D eigenvalue weighted by atomic mass is 10.1. The Balaban J connectivity index is 1.88. The number of hydrogen-bond donors (Lipinski definition) is 2. The van der Waals surface area contributed by atoms with Crippen molar-refractivity contribution in [3.05, 3.63) is 65.2 Å². The minimum absolute atomic E-state index is 0.00658. The molecule has 0 saturated carbocycles. The summed E-state index contributed by atoms with van der Waals surface area (Å²) < 4.78 is 0. The van der Waals surface area contributed by atoms with Crippen molar-refractivity contribution in [2.75, 3.05) is 5.73 Å². The van der Waals surface area contributed by atoms with Crippen LogP contribution in [-0.4, -0.2) is 5.91 Å². The first kappa shape index (κ1) is 13.1. The maximum atomic E-state index is 11.8. The van der Waals surface area contributed by atoms with Crippen molar-refractivity contribution in [1.82, 2.24) is 5.32 Å². The third-order valence-electron chi connectivity index (χ3n) is 2.89. The number of amides is 1. The molecule has 3 nitrogen and oxygen atoms in total. The summed E-state index contributed by atoms with van der Waals surface area (Å²) in [6.45, 7) is 2.60. The molecule has 0 unspecified atom stereocenters. The van der Waals surface area contributed by atoms with E-state index >= 15 is 0 Å². The van der Waals surface area contributed by atoms with Crippen LogP contribution in [0.15, 0.2) is 48.5 Å². The first-order chi connectivity index (χ1) is 9.13. The number of nitrogens with two attached hydrogens (primary N) is 1. The van der Waals surface area contributed by atoms with Crippen LogP contribution in [0.5, 0.6) is 0 Å². The molecule has 19 heavy (non-hydrogen) atoms. The highest BCUT2D eigenvalue weighted by atomic mass is 16.1. The number of benzene rings is 2. The van der Waals surface area contributed by atoms with E-state index in [1.54, 1.807) is 0 Å². The highest BCUT2D eigenvalue weighted by molar-refractivity contribution is 5.78. The molecule has 2 rings (SSSR count).